The van der Waals surface area contributed by atoms with Gasteiger partial charge in [-0.3, -0.25) is 9.58 Å². The number of likely N-dealkylation sites (tertiary alicyclic amines) is 1. The lowest BCUT2D eigenvalue weighted by Crippen LogP contribution is -2.40. The van der Waals surface area contributed by atoms with Gasteiger partial charge in [-0.05, 0) is 32.2 Å². The number of hydrogen-bond acceptors (Lipinski definition) is 2. The summed E-state index contributed by atoms with van der Waals surface area (Å²) in [6.07, 6.45) is 2.14. The number of halogens is 2. The van der Waals surface area contributed by atoms with Gasteiger partial charge in [-0.25, -0.2) is 0 Å². The Kier molecular flexibility index (Phi) is 5.32. The summed E-state index contributed by atoms with van der Waals surface area (Å²) in [7, 11) is 0. The van der Waals surface area contributed by atoms with Gasteiger partial charge in [0.15, 0.2) is 0 Å². The largest absolute Gasteiger partial charge is 0.296 e. The van der Waals surface area contributed by atoms with Crippen molar-refractivity contribution in [2.75, 3.05) is 13.1 Å². The molecule has 0 radical (unpaired) electrons. The molecule has 19 heavy (non-hydrogen) atoms. The predicted octanol–water partition coefficient (Wildman–Crippen LogP) is 3.72. The highest BCUT2D eigenvalue weighted by molar-refractivity contribution is 9.09. The summed E-state index contributed by atoms with van der Waals surface area (Å²) in [6, 6.07) is 0. The predicted molar refractivity (Wildman–Crippen MR) is 84.1 cm³/mol. The molecule has 0 N–H and O–H groups in total. The van der Waals surface area contributed by atoms with E-state index in [1.165, 1.54) is 12.1 Å². The molecule has 0 aliphatic carbocycles. The minimum absolute atomic E-state index is 0.587. The first-order valence-electron chi connectivity index (χ1n) is 7.17. The van der Waals surface area contributed by atoms with Gasteiger partial charge >= 0.3 is 0 Å². The number of aryl methyl sites for hydroxylation is 2. The summed E-state index contributed by atoms with van der Waals surface area (Å²) in [4.78, 5) is 3.07. The number of aromatic nitrogens is 2. The molecule has 0 spiro atoms. The molecule has 0 bridgehead atoms. The van der Waals surface area contributed by atoms with E-state index in [-0.39, 0.29) is 0 Å². The molecule has 0 amide bonds. The van der Waals surface area contributed by atoms with Crippen molar-refractivity contribution in [1.82, 2.24) is 14.7 Å². The van der Waals surface area contributed by atoms with Crippen LogP contribution >= 0.6 is 27.5 Å². The molecule has 2 rings (SSSR count). The Balaban J connectivity index is 2.12. The van der Waals surface area contributed by atoms with Gasteiger partial charge < -0.3 is 0 Å². The lowest BCUT2D eigenvalue weighted by molar-refractivity contribution is 0.189. The van der Waals surface area contributed by atoms with Crippen LogP contribution in [0.4, 0.5) is 0 Å². The summed E-state index contributed by atoms with van der Waals surface area (Å²) in [6.45, 7) is 10.6. The molecule has 2 unspecified atom stereocenters. The Bertz CT molecular complexity index is 433. The smallest absolute Gasteiger partial charge is 0.0863 e. The van der Waals surface area contributed by atoms with E-state index in [1.807, 2.05) is 0 Å². The van der Waals surface area contributed by atoms with Crippen molar-refractivity contribution in [3.63, 3.8) is 0 Å². The molecule has 0 saturated carbocycles. The SMILES string of the molecule is CCc1nn(CC)c(CN2CCC(C)C(Br)C2)c1Cl. The third-order valence-electron chi connectivity index (χ3n) is 4.02. The first-order valence-corrected chi connectivity index (χ1v) is 8.46. The van der Waals surface area contributed by atoms with Gasteiger partial charge in [0.2, 0.25) is 0 Å². The molecular formula is C14H23BrClN3. The molecule has 0 aromatic carbocycles. The Hall–Kier alpha value is -0.0600. The summed E-state index contributed by atoms with van der Waals surface area (Å²) in [5.41, 5.74) is 2.20. The molecule has 1 aliphatic heterocycles. The van der Waals surface area contributed by atoms with Gasteiger partial charge in [0.1, 0.15) is 0 Å². The van der Waals surface area contributed by atoms with Crippen molar-refractivity contribution in [2.24, 2.45) is 5.92 Å². The number of alkyl halides is 1. The minimum Gasteiger partial charge on any atom is -0.296 e. The van der Waals surface area contributed by atoms with Crippen molar-refractivity contribution >= 4 is 27.5 Å². The van der Waals surface area contributed by atoms with Gasteiger partial charge in [-0.15, -0.1) is 0 Å². The lowest BCUT2D eigenvalue weighted by Gasteiger charge is -2.34. The van der Waals surface area contributed by atoms with E-state index in [2.05, 4.69) is 51.4 Å². The minimum atomic E-state index is 0.587. The van der Waals surface area contributed by atoms with E-state index in [9.17, 15) is 0 Å². The zero-order valence-corrected chi connectivity index (χ0v) is 14.3. The van der Waals surface area contributed by atoms with E-state index < -0.39 is 0 Å². The summed E-state index contributed by atoms with van der Waals surface area (Å²) < 4.78 is 2.06. The molecule has 5 heteroatoms. The second-order valence-corrected chi connectivity index (χ2v) is 6.95. The van der Waals surface area contributed by atoms with Crippen LogP contribution < -0.4 is 0 Å². The monoisotopic (exact) mass is 347 g/mol. The maximum Gasteiger partial charge on any atom is 0.0863 e. The number of hydrogen-bond donors (Lipinski definition) is 0. The highest BCUT2D eigenvalue weighted by atomic mass is 79.9. The van der Waals surface area contributed by atoms with Crippen LogP contribution in [0.2, 0.25) is 5.02 Å². The standard InChI is InChI=1S/C14H23BrClN3/c1-4-12-14(16)13(19(5-2)17-12)9-18-7-6-10(3)11(15)8-18/h10-11H,4-9H2,1-3H3. The van der Waals surface area contributed by atoms with E-state index in [0.29, 0.717) is 4.83 Å². The first-order chi connectivity index (χ1) is 9.06. The molecule has 1 aromatic heterocycles. The number of piperidine rings is 1. The molecule has 1 aliphatic rings. The average Bonchev–Trinajstić information content (AvgIpc) is 2.70. The molecule has 2 heterocycles. The molecular weight excluding hydrogens is 326 g/mol. The summed E-state index contributed by atoms with van der Waals surface area (Å²) in [5, 5.41) is 5.46. The fraction of sp³-hybridized carbons (Fsp3) is 0.786. The van der Waals surface area contributed by atoms with E-state index in [1.54, 1.807) is 0 Å². The van der Waals surface area contributed by atoms with Crippen LogP contribution in [-0.2, 0) is 19.5 Å². The van der Waals surface area contributed by atoms with Gasteiger partial charge in [-0.2, -0.15) is 5.10 Å². The van der Waals surface area contributed by atoms with Crippen molar-refractivity contribution in [3.05, 3.63) is 16.4 Å². The summed E-state index contributed by atoms with van der Waals surface area (Å²) >= 11 is 10.3. The normalized spacial score (nSPS) is 24.9. The molecule has 1 aromatic rings. The number of rotatable bonds is 4. The molecule has 108 valence electrons. The maximum atomic E-state index is 6.47. The highest BCUT2D eigenvalue weighted by Gasteiger charge is 2.26. The van der Waals surface area contributed by atoms with Crippen molar-refractivity contribution in [1.29, 1.82) is 0 Å². The van der Waals surface area contributed by atoms with Crippen LogP contribution in [0.15, 0.2) is 0 Å². The lowest BCUT2D eigenvalue weighted by atomic mass is 9.99. The van der Waals surface area contributed by atoms with E-state index in [4.69, 9.17) is 11.6 Å². The van der Waals surface area contributed by atoms with Gasteiger partial charge in [-0.1, -0.05) is 41.4 Å². The van der Waals surface area contributed by atoms with Crippen LogP contribution in [0.25, 0.3) is 0 Å². The zero-order valence-electron chi connectivity index (χ0n) is 12.0. The molecule has 1 saturated heterocycles. The average molecular weight is 349 g/mol. The van der Waals surface area contributed by atoms with Crippen molar-refractivity contribution < 1.29 is 0 Å². The third kappa shape index (κ3) is 3.34. The molecule has 3 nitrogen and oxygen atoms in total. The maximum absolute atomic E-state index is 6.47. The van der Waals surface area contributed by atoms with Crippen LogP contribution in [0.3, 0.4) is 0 Å². The van der Waals surface area contributed by atoms with Crippen LogP contribution in [0, 0.1) is 5.92 Å². The summed E-state index contributed by atoms with van der Waals surface area (Å²) in [5.74, 6) is 0.758. The first kappa shape index (κ1) is 15.3. The Labute approximate surface area is 129 Å². The fourth-order valence-corrected chi connectivity index (χ4v) is 3.61. The molecule has 2 atom stereocenters. The van der Waals surface area contributed by atoms with Gasteiger partial charge in [0.05, 0.1) is 16.4 Å². The van der Waals surface area contributed by atoms with Gasteiger partial charge in [0, 0.05) is 24.5 Å². The van der Waals surface area contributed by atoms with E-state index in [0.717, 1.165) is 49.2 Å². The molecule has 1 fully saturated rings. The topological polar surface area (TPSA) is 21.1 Å². The second-order valence-electron chi connectivity index (χ2n) is 5.39. The van der Waals surface area contributed by atoms with Crippen LogP contribution in [0.1, 0.15) is 38.6 Å². The van der Waals surface area contributed by atoms with Crippen molar-refractivity contribution in [3.8, 4) is 0 Å². The number of nitrogens with zero attached hydrogens (tertiary/aromatic N) is 3. The zero-order chi connectivity index (χ0) is 14.0. The van der Waals surface area contributed by atoms with E-state index >= 15 is 0 Å². The Morgan fingerprint density at radius 2 is 2.16 bits per heavy atom. The van der Waals surface area contributed by atoms with Gasteiger partial charge in [0.25, 0.3) is 0 Å². The fourth-order valence-electron chi connectivity index (χ4n) is 2.61. The van der Waals surface area contributed by atoms with Crippen LogP contribution in [0.5, 0.6) is 0 Å². The van der Waals surface area contributed by atoms with Crippen LogP contribution in [-0.4, -0.2) is 32.6 Å². The Morgan fingerprint density at radius 1 is 1.42 bits per heavy atom. The van der Waals surface area contributed by atoms with Crippen molar-refractivity contribution in [2.45, 2.75) is 51.5 Å². The third-order valence-corrected chi connectivity index (χ3v) is 5.65. The second kappa shape index (κ2) is 6.59. The Morgan fingerprint density at radius 3 is 2.74 bits per heavy atom. The highest BCUT2D eigenvalue weighted by Crippen LogP contribution is 2.27. The quantitative estimate of drug-likeness (QED) is 0.773.